The van der Waals surface area contributed by atoms with Crippen LogP contribution in [0.4, 0.5) is 5.69 Å². The number of hydrogen-bond donors (Lipinski definition) is 2. The van der Waals surface area contributed by atoms with Gasteiger partial charge in [-0.1, -0.05) is 0 Å². The lowest BCUT2D eigenvalue weighted by Gasteiger charge is -2.07. The zero-order valence-corrected chi connectivity index (χ0v) is 12.8. The van der Waals surface area contributed by atoms with E-state index in [0.717, 1.165) is 16.3 Å². The van der Waals surface area contributed by atoms with Gasteiger partial charge in [0.05, 0.1) is 13.3 Å². The fraction of sp³-hybridized carbons (Fsp3) is 0.143. The molecule has 0 aliphatic carbocycles. The molecule has 1 aromatic heterocycles. The first-order valence-corrected chi connectivity index (χ1v) is 7.20. The molecule has 2 N–H and O–H groups in total. The number of hydrazone groups is 1. The fourth-order valence-electron chi connectivity index (χ4n) is 1.51. The maximum absolute atomic E-state index is 5.15. The third kappa shape index (κ3) is 4.32. The van der Waals surface area contributed by atoms with Crippen molar-refractivity contribution < 1.29 is 4.74 Å². The van der Waals surface area contributed by atoms with E-state index >= 15 is 0 Å². The fourth-order valence-corrected chi connectivity index (χ4v) is 2.43. The van der Waals surface area contributed by atoms with Crippen LogP contribution in [0.2, 0.25) is 0 Å². The molecule has 20 heavy (non-hydrogen) atoms. The van der Waals surface area contributed by atoms with E-state index in [1.54, 1.807) is 24.7 Å². The van der Waals surface area contributed by atoms with Gasteiger partial charge in [-0.25, -0.2) is 0 Å². The van der Waals surface area contributed by atoms with Gasteiger partial charge in [0.2, 0.25) is 0 Å². The van der Waals surface area contributed by atoms with Crippen molar-refractivity contribution in [1.29, 1.82) is 0 Å². The first-order valence-electron chi connectivity index (χ1n) is 5.98. The van der Waals surface area contributed by atoms with E-state index in [0.29, 0.717) is 5.11 Å². The Balaban J connectivity index is 1.84. The summed E-state index contributed by atoms with van der Waals surface area (Å²) in [4.78, 5) is 2.34. The van der Waals surface area contributed by atoms with Gasteiger partial charge in [0.15, 0.2) is 5.11 Å². The Morgan fingerprint density at radius 3 is 2.60 bits per heavy atom. The number of aryl methyl sites for hydroxylation is 1. The molecule has 0 atom stereocenters. The monoisotopic (exact) mass is 305 g/mol. The van der Waals surface area contributed by atoms with Gasteiger partial charge in [0.1, 0.15) is 5.75 Å². The summed E-state index contributed by atoms with van der Waals surface area (Å²) in [7, 11) is 1.63. The third-order valence-corrected chi connectivity index (χ3v) is 3.60. The third-order valence-electron chi connectivity index (χ3n) is 2.47. The Hall–Kier alpha value is -1.92. The molecule has 0 unspecified atom stereocenters. The predicted octanol–water partition coefficient (Wildman–Crippen LogP) is 3.39. The lowest BCUT2D eigenvalue weighted by molar-refractivity contribution is 0.415. The summed E-state index contributed by atoms with van der Waals surface area (Å²) in [5.74, 6) is 0.806. The minimum absolute atomic E-state index is 0.444. The number of methoxy groups -OCH3 is 1. The van der Waals surface area contributed by atoms with Crippen molar-refractivity contribution >= 4 is 40.6 Å². The first-order chi connectivity index (χ1) is 9.67. The van der Waals surface area contributed by atoms with Crippen LogP contribution in [0.15, 0.2) is 41.5 Å². The average molecular weight is 305 g/mol. The summed E-state index contributed by atoms with van der Waals surface area (Å²) in [6.07, 6.45) is 1.75. The van der Waals surface area contributed by atoms with E-state index in [1.165, 1.54) is 4.88 Å². The van der Waals surface area contributed by atoms with Crippen molar-refractivity contribution in [1.82, 2.24) is 5.43 Å². The number of nitrogens with zero attached hydrogens (tertiary/aromatic N) is 1. The lowest BCUT2D eigenvalue weighted by Crippen LogP contribution is -2.23. The van der Waals surface area contributed by atoms with Gasteiger partial charge < -0.3 is 10.1 Å². The highest BCUT2D eigenvalue weighted by atomic mass is 32.1. The molecule has 1 aromatic carbocycles. The normalized spacial score (nSPS) is 10.5. The van der Waals surface area contributed by atoms with E-state index in [1.807, 2.05) is 30.3 Å². The molecule has 0 bridgehead atoms. The van der Waals surface area contributed by atoms with Gasteiger partial charge in [-0.15, -0.1) is 11.3 Å². The molecule has 0 spiro atoms. The summed E-state index contributed by atoms with van der Waals surface area (Å²) in [6.45, 7) is 2.06. The molecule has 104 valence electrons. The smallest absolute Gasteiger partial charge is 0.191 e. The van der Waals surface area contributed by atoms with Crippen molar-refractivity contribution in [3.63, 3.8) is 0 Å². The summed E-state index contributed by atoms with van der Waals surface area (Å²) >= 11 is 6.83. The molecule has 0 amide bonds. The number of anilines is 1. The SMILES string of the molecule is COc1ccc(NC(=S)N/N=C/c2ccc(C)s2)cc1. The van der Waals surface area contributed by atoms with Gasteiger partial charge in [0, 0.05) is 15.4 Å². The Labute approximate surface area is 127 Å². The number of thiocarbonyl (C=S) groups is 1. The van der Waals surface area contributed by atoms with Gasteiger partial charge in [0.25, 0.3) is 0 Å². The minimum Gasteiger partial charge on any atom is -0.497 e. The van der Waals surface area contributed by atoms with E-state index in [9.17, 15) is 0 Å². The van der Waals surface area contributed by atoms with Crippen molar-refractivity contribution in [3.8, 4) is 5.75 Å². The number of nitrogens with one attached hydrogen (secondary N) is 2. The lowest BCUT2D eigenvalue weighted by atomic mass is 10.3. The Kier molecular flexibility index (Phi) is 5.09. The first kappa shape index (κ1) is 14.5. The molecule has 0 fully saturated rings. The molecule has 0 aliphatic rings. The van der Waals surface area contributed by atoms with Crippen molar-refractivity contribution in [3.05, 3.63) is 46.2 Å². The standard InChI is InChI=1S/C14H15N3OS2/c1-10-3-8-13(20-10)9-15-17-14(19)16-11-4-6-12(18-2)7-5-11/h3-9H,1-2H3,(H2,16,17,19)/b15-9+. The van der Waals surface area contributed by atoms with Crippen LogP contribution in [0, 0.1) is 6.92 Å². The number of ether oxygens (including phenoxy) is 1. The molecule has 0 radical (unpaired) electrons. The maximum atomic E-state index is 5.15. The van der Waals surface area contributed by atoms with Crippen LogP contribution in [-0.2, 0) is 0 Å². The molecular weight excluding hydrogens is 290 g/mol. The molecule has 0 saturated carbocycles. The average Bonchev–Trinajstić information content (AvgIpc) is 2.85. The summed E-state index contributed by atoms with van der Waals surface area (Å²) < 4.78 is 5.09. The van der Waals surface area contributed by atoms with Crippen molar-refractivity contribution in [2.45, 2.75) is 6.92 Å². The topological polar surface area (TPSA) is 45.6 Å². The van der Waals surface area contributed by atoms with Crippen LogP contribution in [0.3, 0.4) is 0 Å². The van der Waals surface area contributed by atoms with Crippen LogP contribution in [-0.4, -0.2) is 18.4 Å². The number of benzene rings is 1. The molecule has 2 aromatic rings. The second-order valence-corrected chi connectivity index (χ2v) is 5.73. The summed E-state index contributed by atoms with van der Waals surface area (Å²) in [6, 6.07) is 11.6. The minimum atomic E-state index is 0.444. The number of hydrogen-bond acceptors (Lipinski definition) is 4. The Morgan fingerprint density at radius 1 is 1.25 bits per heavy atom. The van der Waals surface area contributed by atoms with Crippen LogP contribution in [0.1, 0.15) is 9.75 Å². The Bertz CT molecular complexity index is 605. The number of thiophene rings is 1. The largest absolute Gasteiger partial charge is 0.497 e. The molecule has 4 nitrogen and oxygen atoms in total. The molecule has 1 heterocycles. The van der Waals surface area contributed by atoms with Crippen molar-refractivity contribution in [2.75, 3.05) is 12.4 Å². The molecule has 6 heteroatoms. The molecule has 0 aliphatic heterocycles. The quantitative estimate of drug-likeness (QED) is 0.516. The number of rotatable bonds is 4. The zero-order valence-electron chi connectivity index (χ0n) is 11.2. The summed E-state index contributed by atoms with van der Waals surface area (Å²) in [5, 5.41) is 7.58. The van der Waals surface area contributed by atoms with Crippen LogP contribution < -0.4 is 15.5 Å². The van der Waals surface area contributed by atoms with Gasteiger partial charge >= 0.3 is 0 Å². The van der Waals surface area contributed by atoms with Crippen molar-refractivity contribution in [2.24, 2.45) is 5.10 Å². The van der Waals surface area contributed by atoms with E-state index in [2.05, 4.69) is 28.8 Å². The predicted molar refractivity (Wildman–Crippen MR) is 89.0 cm³/mol. The van der Waals surface area contributed by atoms with Gasteiger partial charge in [-0.2, -0.15) is 5.10 Å². The maximum Gasteiger partial charge on any atom is 0.191 e. The van der Waals surface area contributed by atoms with E-state index < -0.39 is 0 Å². The second-order valence-electron chi connectivity index (χ2n) is 4.00. The highest BCUT2D eigenvalue weighted by molar-refractivity contribution is 7.80. The van der Waals surface area contributed by atoms with E-state index in [-0.39, 0.29) is 0 Å². The molecule has 0 saturated heterocycles. The highest BCUT2D eigenvalue weighted by Crippen LogP contribution is 2.15. The van der Waals surface area contributed by atoms with Gasteiger partial charge in [-0.3, -0.25) is 5.43 Å². The second kappa shape index (κ2) is 7.02. The molecular formula is C14H15N3OS2. The Morgan fingerprint density at radius 2 is 2.00 bits per heavy atom. The molecule has 2 rings (SSSR count). The summed E-state index contributed by atoms with van der Waals surface area (Å²) in [5.41, 5.74) is 3.66. The van der Waals surface area contributed by atoms with E-state index in [4.69, 9.17) is 17.0 Å². The van der Waals surface area contributed by atoms with Gasteiger partial charge in [-0.05, 0) is 55.5 Å². The van der Waals surface area contributed by atoms with Crippen LogP contribution >= 0.6 is 23.6 Å². The van der Waals surface area contributed by atoms with Crippen LogP contribution in [0.25, 0.3) is 0 Å². The van der Waals surface area contributed by atoms with Crippen LogP contribution in [0.5, 0.6) is 5.75 Å². The highest BCUT2D eigenvalue weighted by Gasteiger charge is 1.97. The zero-order chi connectivity index (χ0) is 14.4.